The topological polar surface area (TPSA) is 33.7 Å². The average molecular weight is 230 g/mol. The molecule has 1 rings (SSSR count). The second-order valence-electron chi connectivity index (χ2n) is 4.45. The standard InChI is InChI=1S/C12H26N2O2/c1-4-6-13-8-11(10-15-2)14-7-5-12(9-14)16-3/h11-13H,4-10H2,1-3H3. The van der Waals surface area contributed by atoms with Gasteiger partial charge in [0.1, 0.15) is 0 Å². The quantitative estimate of drug-likeness (QED) is 0.623. The number of methoxy groups -OCH3 is 2. The van der Waals surface area contributed by atoms with Crippen molar-refractivity contribution in [2.45, 2.75) is 31.9 Å². The van der Waals surface area contributed by atoms with E-state index in [1.54, 1.807) is 14.2 Å². The maximum Gasteiger partial charge on any atom is 0.0710 e. The van der Waals surface area contributed by atoms with Crippen molar-refractivity contribution in [2.75, 3.05) is 47.0 Å². The molecule has 2 atom stereocenters. The Morgan fingerprint density at radius 3 is 2.81 bits per heavy atom. The lowest BCUT2D eigenvalue weighted by Crippen LogP contribution is -2.44. The van der Waals surface area contributed by atoms with Crippen LogP contribution in [0.5, 0.6) is 0 Å². The third-order valence-electron chi connectivity index (χ3n) is 3.19. The predicted molar refractivity (Wildman–Crippen MR) is 65.8 cm³/mol. The SMILES string of the molecule is CCCNCC(COC)N1CCC(OC)C1. The second-order valence-corrected chi connectivity index (χ2v) is 4.45. The predicted octanol–water partition coefficient (Wildman–Crippen LogP) is 0.722. The van der Waals surface area contributed by atoms with Crippen molar-refractivity contribution in [1.29, 1.82) is 0 Å². The fourth-order valence-corrected chi connectivity index (χ4v) is 2.21. The van der Waals surface area contributed by atoms with Gasteiger partial charge in [0.25, 0.3) is 0 Å². The van der Waals surface area contributed by atoms with Gasteiger partial charge >= 0.3 is 0 Å². The lowest BCUT2D eigenvalue weighted by atomic mass is 10.2. The Balaban J connectivity index is 2.31. The summed E-state index contributed by atoms with van der Waals surface area (Å²) in [6.07, 6.45) is 2.73. The molecule has 2 unspecified atom stereocenters. The highest BCUT2D eigenvalue weighted by atomic mass is 16.5. The molecule has 0 saturated carbocycles. The molecule has 1 N–H and O–H groups in total. The summed E-state index contributed by atoms with van der Waals surface area (Å²) in [5.41, 5.74) is 0. The molecule has 16 heavy (non-hydrogen) atoms. The van der Waals surface area contributed by atoms with Crippen LogP contribution in [0, 0.1) is 0 Å². The molecule has 96 valence electrons. The number of rotatable bonds is 8. The van der Waals surface area contributed by atoms with Gasteiger partial charge in [-0.05, 0) is 19.4 Å². The van der Waals surface area contributed by atoms with Gasteiger partial charge in [0.05, 0.1) is 12.7 Å². The molecule has 0 spiro atoms. The van der Waals surface area contributed by atoms with Crippen molar-refractivity contribution >= 4 is 0 Å². The monoisotopic (exact) mass is 230 g/mol. The van der Waals surface area contributed by atoms with E-state index >= 15 is 0 Å². The molecule has 1 saturated heterocycles. The molecule has 1 fully saturated rings. The normalized spacial score (nSPS) is 23.8. The average Bonchev–Trinajstić information content (AvgIpc) is 2.76. The van der Waals surface area contributed by atoms with Gasteiger partial charge in [-0.2, -0.15) is 0 Å². The van der Waals surface area contributed by atoms with Gasteiger partial charge in [-0.1, -0.05) is 6.92 Å². The van der Waals surface area contributed by atoms with Crippen LogP contribution in [0.4, 0.5) is 0 Å². The van der Waals surface area contributed by atoms with Crippen LogP contribution in [0.1, 0.15) is 19.8 Å². The highest BCUT2D eigenvalue weighted by Gasteiger charge is 2.27. The first-order chi connectivity index (χ1) is 7.81. The summed E-state index contributed by atoms with van der Waals surface area (Å²) in [6.45, 7) is 7.25. The highest BCUT2D eigenvalue weighted by Crippen LogP contribution is 2.14. The van der Waals surface area contributed by atoms with E-state index in [9.17, 15) is 0 Å². The summed E-state index contributed by atoms with van der Waals surface area (Å²) in [5, 5.41) is 3.47. The van der Waals surface area contributed by atoms with Crippen molar-refractivity contribution in [2.24, 2.45) is 0 Å². The third kappa shape index (κ3) is 4.37. The largest absolute Gasteiger partial charge is 0.383 e. The summed E-state index contributed by atoms with van der Waals surface area (Å²) in [6, 6.07) is 0.483. The van der Waals surface area contributed by atoms with Crippen LogP contribution in [-0.2, 0) is 9.47 Å². The van der Waals surface area contributed by atoms with E-state index in [-0.39, 0.29) is 0 Å². The van der Waals surface area contributed by atoms with E-state index in [2.05, 4.69) is 17.1 Å². The number of likely N-dealkylation sites (tertiary alicyclic amines) is 1. The van der Waals surface area contributed by atoms with Gasteiger partial charge in [-0.25, -0.2) is 0 Å². The molecule has 0 aromatic rings. The lowest BCUT2D eigenvalue weighted by molar-refractivity contribution is 0.0756. The molecule has 0 aromatic carbocycles. The van der Waals surface area contributed by atoms with Crippen LogP contribution < -0.4 is 5.32 Å². The number of nitrogens with one attached hydrogen (secondary N) is 1. The fourth-order valence-electron chi connectivity index (χ4n) is 2.21. The van der Waals surface area contributed by atoms with E-state index in [4.69, 9.17) is 9.47 Å². The molecular formula is C12H26N2O2. The molecule has 1 aliphatic heterocycles. The maximum atomic E-state index is 5.39. The summed E-state index contributed by atoms with van der Waals surface area (Å²) >= 11 is 0. The molecule has 1 heterocycles. The zero-order valence-corrected chi connectivity index (χ0v) is 10.9. The highest BCUT2D eigenvalue weighted by molar-refractivity contribution is 4.83. The Morgan fingerprint density at radius 2 is 2.25 bits per heavy atom. The summed E-state index contributed by atoms with van der Waals surface area (Å²) < 4.78 is 10.7. The molecular weight excluding hydrogens is 204 g/mol. The molecule has 0 aliphatic carbocycles. The Kier molecular flexibility index (Phi) is 6.96. The molecule has 1 aliphatic rings. The van der Waals surface area contributed by atoms with Crippen molar-refractivity contribution < 1.29 is 9.47 Å². The Hall–Kier alpha value is -0.160. The van der Waals surface area contributed by atoms with Crippen LogP contribution in [0.3, 0.4) is 0 Å². The minimum absolute atomic E-state index is 0.408. The van der Waals surface area contributed by atoms with Crippen molar-refractivity contribution in [3.05, 3.63) is 0 Å². The van der Waals surface area contributed by atoms with Crippen LogP contribution in [0.25, 0.3) is 0 Å². The number of nitrogens with zero attached hydrogens (tertiary/aromatic N) is 1. The van der Waals surface area contributed by atoms with E-state index in [0.29, 0.717) is 12.1 Å². The van der Waals surface area contributed by atoms with E-state index in [1.165, 1.54) is 6.42 Å². The number of hydrogen-bond donors (Lipinski definition) is 1. The molecule has 0 bridgehead atoms. The minimum atomic E-state index is 0.408. The number of ether oxygens (including phenoxy) is 2. The van der Waals surface area contributed by atoms with Crippen molar-refractivity contribution in [3.8, 4) is 0 Å². The molecule has 4 heteroatoms. The summed E-state index contributed by atoms with van der Waals surface area (Å²) in [7, 11) is 3.57. The first-order valence-corrected chi connectivity index (χ1v) is 6.28. The van der Waals surface area contributed by atoms with Crippen LogP contribution in [-0.4, -0.2) is 64.1 Å². The molecule has 0 amide bonds. The third-order valence-corrected chi connectivity index (χ3v) is 3.19. The van der Waals surface area contributed by atoms with Gasteiger partial charge in [0, 0.05) is 39.9 Å². The zero-order valence-electron chi connectivity index (χ0n) is 10.9. The van der Waals surface area contributed by atoms with Gasteiger partial charge in [0.2, 0.25) is 0 Å². The Labute approximate surface area is 99.3 Å². The molecule has 0 radical (unpaired) electrons. The fraction of sp³-hybridized carbons (Fsp3) is 1.00. The van der Waals surface area contributed by atoms with Gasteiger partial charge in [-0.3, -0.25) is 4.90 Å². The van der Waals surface area contributed by atoms with E-state index in [1.807, 2.05) is 0 Å². The second kappa shape index (κ2) is 8.01. The Bertz CT molecular complexity index is 178. The van der Waals surface area contributed by atoms with Gasteiger partial charge in [0.15, 0.2) is 0 Å². The Morgan fingerprint density at radius 1 is 1.44 bits per heavy atom. The van der Waals surface area contributed by atoms with Crippen LogP contribution in [0.2, 0.25) is 0 Å². The van der Waals surface area contributed by atoms with E-state index in [0.717, 1.165) is 39.2 Å². The van der Waals surface area contributed by atoms with Crippen molar-refractivity contribution in [1.82, 2.24) is 10.2 Å². The first kappa shape index (κ1) is 13.9. The first-order valence-electron chi connectivity index (χ1n) is 6.28. The van der Waals surface area contributed by atoms with Crippen LogP contribution >= 0.6 is 0 Å². The maximum absolute atomic E-state index is 5.39. The van der Waals surface area contributed by atoms with E-state index < -0.39 is 0 Å². The zero-order chi connectivity index (χ0) is 11.8. The van der Waals surface area contributed by atoms with Crippen LogP contribution in [0.15, 0.2) is 0 Å². The van der Waals surface area contributed by atoms with Crippen molar-refractivity contribution in [3.63, 3.8) is 0 Å². The van der Waals surface area contributed by atoms with Gasteiger partial charge < -0.3 is 14.8 Å². The lowest BCUT2D eigenvalue weighted by Gasteiger charge is -2.27. The van der Waals surface area contributed by atoms with Gasteiger partial charge in [-0.15, -0.1) is 0 Å². The summed E-state index contributed by atoms with van der Waals surface area (Å²) in [5.74, 6) is 0. The molecule has 4 nitrogen and oxygen atoms in total. The smallest absolute Gasteiger partial charge is 0.0710 e. The molecule has 0 aromatic heterocycles. The number of hydrogen-bond acceptors (Lipinski definition) is 4. The summed E-state index contributed by atoms with van der Waals surface area (Å²) in [4.78, 5) is 2.47. The minimum Gasteiger partial charge on any atom is -0.383 e.